The third-order valence-corrected chi connectivity index (χ3v) is 13.1. The molecule has 14 nitrogen and oxygen atoms in total. The fourth-order valence-corrected chi connectivity index (χ4v) is 9.36. The minimum absolute atomic E-state index is 0.0303. The Bertz CT molecular complexity index is 2290. The molecule has 0 radical (unpaired) electrons. The number of amides is 5. The largest absolute Gasteiger partial charge is 0.497 e. The average molecular weight is 833 g/mol. The molecule has 6 rings (SSSR count). The van der Waals surface area contributed by atoms with Gasteiger partial charge in [0.25, 0.3) is 15.9 Å². The molecule has 58 heavy (non-hydrogen) atoms. The molecule has 2 aromatic carbocycles. The fraction of sp³-hybridized carbons (Fsp3) is 0.452. The molecule has 3 heterocycles. The quantitative estimate of drug-likeness (QED) is 0.141. The first-order valence-electron chi connectivity index (χ1n) is 19.3. The van der Waals surface area contributed by atoms with Crippen LogP contribution in [0.2, 0.25) is 0 Å². The van der Waals surface area contributed by atoms with Crippen LogP contribution < -0.4 is 30.1 Å². The monoisotopic (exact) mass is 832 g/mol. The van der Waals surface area contributed by atoms with Gasteiger partial charge in [0.15, 0.2) is 0 Å². The van der Waals surface area contributed by atoms with Crippen molar-refractivity contribution in [2.45, 2.75) is 101 Å². The molecule has 1 saturated heterocycles. The highest BCUT2D eigenvalue weighted by atomic mass is 32.2. The number of benzene rings is 2. The smallest absolute Gasteiger partial charge is 0.315 e. The molecule has 2 aromatic heterocycles. The van der Waals surface area contributed by atoms with Gasteiger partial charge in [-0.15, -0.1) is 11.3 Å². The number of thiophene rings is 1. The van der Waals surface area contributed by atoms with E-state index in [0.29, 0.717) is 34.5 Å². The van der Waals surface area contributed by atoms with Crippen molar-refractivity contribution in [2.24, 2.45) is 11.3 Å². The topological polar surface area (TPSA) is 185 Å². The van der Waals surface area contributed by atoms with Crippen molar-refractivity contribution in [1.82, 2.24) is 30.6 Å². The van der Waals surface area contributed by atoms with Crippen LogP contribution in [0.5, 0.6) is 11.5 Å². The van der Waals surface area contributed by atoms with E-state index in [0.717, 1.165) is 16.9 Å². The summed E-state index contributed by atoms with van der Waals surface area (Å²) >= 11 is 0.969. The first kappa shape index (κ1) is 42.4. The van der Waals surface area contributed by atoms with Crippen molar-refractivity contribution >= 4 is 56.0 Å². The molecule has 0 bridgehead atoms. The molecule has 0 spiro atoms. The zero-order valence-electron chi connectivity index (χ0n) is 34.0. The molecule has 310 valence electrons. The number of carbonyl (C=O) groups excluding carboxylic acids is 4. The second-order valence-corrected chi connectivity index (χ2v) is 19.9. The van der Waals surface area contributed by atoms with Gasteiger partial charge in [-0.3, -0.25) is 14.4 Å². The lowest BCUT2D eigenvalue weighted by molar-refractivity contribution is -0.142. The number of ether oxygens (including phenoxy) is 2. The standard InChI is InChI=1S/C42H52N6O8S2/c1-9-26-23-42(26,38(51)47-58(53,54)34-16-13-19-57-34)45-36(49)32-21-28(24-48(32)37(50)35(40(2,3)4)44-39(52)46-41(5,6)7)56-33-22-30(25-14-11-10-12-15-25)43-31-20-27(55-8)17-18-29(31)33/h10-20,22,26,28,32,35H,9,21,23-24H2,1-8H3,(H,45,49)(H,47,51)(H2,44,46,52)/t26?,28-,32+,35-,42-/m1/s1. The van der Waals surface area contributed by atoms with Crippen LogP contribution in [-0.4, -0.2) is 85.0 Å². The summed E-state index contributed by atoms with van der Waals surface area (Å²) < 4.78 is 40.6. The zero-order valence-corrected chi connectivity index (χ0v) is 35.7. The van der Waals surface area contributed by atoms with E-state index in [9.17, 15) is 27.6 Å². The second-order valence-electron chi connectivity index (χ2n) is 17.0. The third kappa shape index (κ3) is 9.23. The zero-order chi connectivity index (χ0) is 42.2. The maximum absolute atomic E-state index is 14.7. The Balaban J connectivity index is 1.35. The van der Waals surface area contributed by atoms with Gasteiger partial charge >= 0.3 is 6.03 Å². The minimum Gasteiger partial charge on any atom is -0.497 e. The van der Waals surface area contributed by atoms with Gasteiger partial charge in [0.1, 0.15) is 39.4 Å². The van der Waals surface area contributed by atoms with Crippen molar-refractivity contribution < 1.29 is 37.1 Å². The molecule has 5 atom stereocenters. The van der Waals surface area contributed by atoms with Crippen LogP contribution in [0.1, 0.15) is 67.7 Å². The summed E-state index contributed by atoms with van der Waals surface area (Å²) in [6, 6.07) is 17.1. The molecule has 2 aliphatic rings. The van der Waals surface area contributed by atoms with E-state index in [4.69, 9.17) is 14.5 Å². The van der Waals surface area contributed by atoms with E-state index in [1.807, 2.05) is 90.9 Å². The highest BCUT2D eigenvalue weighted by Crippen LogP contribution is 2.47. The second kappa shape index (κ2) is 16.2. The lowest BCUT2D eigenvalue weighted by Gasteiger charge is -2.36. The minimum atomic E-state index is -4.19. The number of likely N-dealkylation sites (tertiary alicyclic amines) is 1. The number of carbonyl (C=O) groups is 4. The molecule has 1 saturated carbocycles. The number of pyridine rings is 1. The molecule has 1 aliphatic carbocycles. The summed E-state index contributed by atoms with van der Waals surface area (Å²) in [4.78, 5) is 62.6. The number of urea groups is 1. The van der Waals surface area contributed by atoms with Crippen LogP contribution in [0.3, 0.4) is 0 Å². The molecule has 16 heteroatoms. The Morgan fingerprint density at radius 1 is 1.00 bits per heavy atom. The SMILES string of the molecule is CCC1C[C@]1(NC(=O)[C@@H]1C[C@@H](Oc2cc(-c3ccccc3)nc3cc(OC)ccc23)CN1C(=O)[C@@H](NC(=O)NC(C)(C)C)C(C)(C)C)C(=O)NS(=O)(=O)c1cccs1. The van der Waals surface area contributed by atoms with Crippen LogP contribution in [-0.2, 0) is 24.4 Å². The Kier molecular flexibility index (Phi) is 11.8. The van der Waals surface area contributed by atoms with E-state index in [2.05, 4.69) is 20.7 Å². The van der Waals surface area contributed by atoms with Crippen LogP contribution in [0.15, 0.2) is 76.3 Å². The number of nitrogens with one attached hydrogen (secondary N) is 4. The van der Waals surface area contributed by atoms with Gasteiger partial charge < -0.3 is 30.3 Å². The molecular formula is C42H52N6O8S2. The molecule has 1 unspecified atom stereocenters. The van der Waals surface area contributed by atoms with E-state index >= 15 is 0 Å². The Morgan fingerprint density at radius 3 is 2.33 bits per heavy atom. The predicted octanol–water partition coefficient (Wildman–Crippen LogP) is 5.62. The van der Waals surface area contributed by atoms with Gasteiger partial charge in [-0.05, 0) is 62.1 Å². The number of rotatable bonds is 12. The first-order valence-corrected chi connectivity index (χ1v) is 21.6. The third-order valence-electron chi connectivity index (χ3n) is 10.4. The number of fused-ring (bicyclic) bond motifs is 1. The summed E-state index contributed by atoms with van der Waals surface area (Å²) in [5.74, 6) is -1.26. The van der Waals surface area contributed by atoms with Crippen LogP contribution in [0.25, 0.3) is 22.2 Å². The van der Waals surface area contributed by atoms with Crippen molar-refractivity contribution in [2.75, 3.05) is 13.7 Å². The number of hydrogen-bond donors (Lipinski definition) is 4. The maximum Gasteiger partial charge on any atom is 0.315 e. The highest BCUT2D eigenvalue weighted by molar-refractivity contribution is 7.92. The summed E-state index contributed by atoms with van der Waals surface area (Å²) in [7, 11) is -2.62. The van der Waals surface area contributed by atoms with Crippen molar-refractivity contribution in [3.8, 4) is 22.8 Å². The van der Waals surface area contributed by atoms with Crippen molar-refractivity contribution in [3.63, 3.8) is 0 Å². The molecule has 1 aliphatic heterocycles. The van der Waals surface area contributed by atoms with Gasteiger partial charge in [-0.25, -0.2) is 22.9 Å². The summed E-state index contributed by atoms with van der Waals surface area (Å²) in [5, 5.41) is 10.9. The van der Waals surface area contributed by atoms with Crippen molar-refractivity contribution in [3.05, 3.63) is 72.1 Å². The number of methoxy groups -OCH3 is 1. The molecule has 2 fully saturated rings. The highest BCUT2D eigenvalue weighted by Gasteiger charge is 2.62. The summed E-state index contributed by atoms with van der Waals surface area (Å²) in [6.45, 7) is 12.7. The summed E-state index contributed by atoms with van der Waals surface area (Å²) in [5.41, 5.74) is -0.788. The van der Waals surface area contributed by atoms with Gasteiger partial charge in [0.05, 0.1) is 24.9 Å². The van der Waals surface area contributed by atoms with Gasteiger partial charge in [-0.2, -0.15) is 0 Å². The van der Waals surface area contributed by atoms with E-state index in [1.54, 1.807) is 30.7 Å². The molecular weight excluding hydrogens is 781 g/mol. The Morgan fingerprint density at radius 2 is 1.72 bits per heavy atom. The van der Waals surface area contributed by atoms with Crippen LogP contribution in [0.4, 0.5) is 4.79 Å². The maximum atomic E-state index is 14.7. The lowest BCUT2D eigenvalue weighted by atomic mass is 9.85. The molecule has 4 aromatic rings. The number of aromatic nitrogens is 1. The molecule has 4 N–H and O–H groups in total. The van der Waals surface area contributed by atoms with E-state index in [1.165, 1.54) is 11.0 Å². The Hall–Kier alpha value is -5.22. The van der Waals surface area contributed by atoms with Crippen LogP contribution in [0, 0.1) is 11.3 Å². The Labute approximate surface area is 343 Å². The molecule has 5 amide bonds. The predicted molar refractivity (Wildman–Crippen MR) is 222 cm³/mol. The van der Waals surface area contributed by atoms with E-state index in [-0.39, 0.29) is 29.5 Å². The fourth-order valence-electron chi connectivity index (χ4n) is 7.33. The summed E-state index contributed by atoms with van der Waals surface area (Å²) in [6.07, 6.45) is 0.0277. The van der Waals surface area contributed by atoms with Gasteiger partial charge in [0, 0.05) is 35.0 Å². The lowest BCUT2D eigenvalue weighted by Crippen LogP contribution is -2.61. The van der Waals surface area contributed by atoms with E-state index < -0.39 is 68.5 Å². The van der Waals surface area contributed by atoms with Gasteiger partial charge in [0.2, 0.25) is 11.8 Å². The normalized spacial score (nSPS) is 21.2. The van der Waals surface area contributed by atoms with Gasteiger partial charge in [-0.1, -0.05) is 70.5 Å². The average Bonchev–Trinajstić information content (AvgIpc) is 3.44. The number of hydrogen-bond acceptors (Lipinski definition) is 10. The van der Waals surface area contributed by atoms with Crippen molar-refractivity contribution in [1.29, 1.82) is 0 Å². The first-order chi connectivity index (χ1) is 27.2. The number of sulfonamides is 1. The number of nitrogens with zero attached hydrogens (tertiary/aromatic N) is 2. The van der Waals surface area contributed by atoms with Crippen LogP contribution >= 0.6 is 11.3 Å².